The molecule has 0 bridgehead atoms. The van der Waals surface area contributed by atoms with Crippen molar-refractivity contribution in [1.82, 2.24) is 9.88 Å². The van der Waals surface area contributed by atoms with Crippen molar-refractivity contribution in [3.05, 3.63) is 35.3 Å². The van der Waals surface area contributed by atoms with Gasteiger partial charge < -0.3 is 10.6 Å². The van der Waals surface area contributed by atoms with E-state index >= 15 is 0 Å². The van der Waals surface area contributed by atoms with E-state index in [0.29, 0.717) is 11.5 Å². The molecule has 0 aliphatic heterocycles. The van der Waals surface area contributed by atoms with Crippen LogP contribution in [0.5, 0.6) is 0 Å². The molecule has 1 aliphatic rings. The van der Waals surface area contributed by atoms with E-state index in [1.807, 2.05) is 37.3 Å². The van der Waals surface area contributed by atoms with Crippen molar-refractivity contribution >= 4 is 12.0 Å². The summed E-state index contributed by atoms with van der Waals surface area (Å²) < 4.78 is 0. The van der Waals surface area contributed by atoms with Gasteiger partial charge in [-0.15, -0.1) is 0 Å². The number of carbonyl (C=O) groups is 1. The van der Waals surface area contributed by atoms with Gasteiger partial charge in [-0.25, -0.2) is 0 Å². The van der Waals surface area contributed by atoms with Gasteiger partial charge in [-0.05, 0) is 36.7 Å². The lowest BCUT2D eigenvalue weighted by Crippen LogP contribution is -2.13. The Hall–Kier alpha value is -1.84. The standard InChI is InChI=1S/C13H17N3O/c1-16(2)6-5-10-7-12(9-3-4-9)15-8-11(10)13(14)17/h5-9H,3-4H2,1-2H3,(H2,14,17)/b6-5+. The number of rotatable bonds is 4. The Morgan fingerprint density at radius 2 is 2.24 bits per heavy atom. The number of hydrogen-bond acceptors (Lipinski definition) is 3. The van der Waals surface area contributed by atoms with Gasteiger partial charge in [0.05, 0.1) is 5.56 Å². The average Bonchev–Trinajstić information content (AvgIpc) is 3.09. The van der Waals surface area contributed by atoms with Crippen LogP contribution in [0.15, 0.2) is 18.5 Å². The van der Waals surface area contributed by atoms with Crippen LogP contribution in [-0.4, -0.2) is 29.9 Å². The van der Waals surface area contributed by atoms with Crippen molar-refractivity contribution in [3.63, 3.8) is 0 Å². The Morgan fingerprint density at radius 1 is 1.53 bits per heavy atom. The average molecular weight is 231 g/mol. The first-order chi connectivity index (χ1) is 8.08. The molecular formula is C13H17N3O. The van der Waals surface area contributed by atoms with Crippen molar-refractivity contribution in [1.29, 1.82) is 0 Å². The van der Waals surface area contributed by atoms with Crippen molar-refractivity contribution in [2.75, 3.05) is 14.1 Å². The largest absolute Gasteiger partial charge is 0.383 e. The molecule has 90 valence electrons. The minimum atomic E-state index is -0.432. The van der Waals surface area contributed by atoms with Crippen LogP contribution in [0.4, 0.5) is 0 Å². The van der Waals surface area contributed by atoms with Gasteiger partial charge in [0.15, 0.2) is 0 Å². The molecule has 0 radical (unpaired) electrons. The molecule has 4 heteroatoms. The Labute approximate surface area is 101 Å². The molecular weight excluding hydrogens is 214 g/mol. The van der Waals surface area contributed by atoms with E-state index in [9.17, 15) is 4.79 Å². The van der Waals surface area contributed by atoms with E-state index in [2.05, 4.69) is 4.98 Å². The van der Waals surface area contributed by atoms with Crippen LogP contribution >= 0.6 is 0 Å². The quantitative estimate of drug-likeness (QED) is 0.856. The molecule has 1 amide bonds. The molecule has 0 spiro atoms. The van der Waals surface area contributed by atoms with Crippen LogP contribution in [0.25, 0.3) is 6.08 Å². The summed E-state index contributed by atoms with van der Waals surface area (Å²) in [4.78, 5) is 17.5. The first-order valence-electron chi connectivity index (χ1n) is 5.72. The zero-order chi connectivity index (χ0) is 12.4. The summed E-state index contributed by atoms with van der Waals surface area (Å²) in [5, 5.41) is 0. The summed E-state index contributed by atoms with van der Waals surface area (Å²) in [5.41, 5.74) is 7.73. The number of nitrogens with zero attached hydrogens (tertiary/aromatic N) is 2. The second-order valence-electron chi connectivity index (χ2n) is 4.61. The van der Waals surface area contributed by atoms with E-state index < -0.39 is 5.91 Å². The fourth-order valence-corrected chi connectivity index (χ4v) is 1.66. The number of primary amides is 1. The van der Waals surface area contributed by atoms with E-state index in [-0.39, 0.29) is 0 Å². The maximum Gasteiger partial charge on any atom is 0.250 e. The zero-order valence-electron chi connectivity index (χ0n) is 10.2. The molecule has 0 saturated heterocycles. The summed E-state index contributed by atoms with van der Waals surface area (Å²) in [6, 6.07) is 1.97. The molecule has 1 aliphatic carbocycles. The van der Waals surface area contributed by atoms with E-state index in [4.69, 9.17) is 5.73 Å². The zero-order valence-corrected chi connectivity index (χ0v) is 10.2. The van der Waals surface area contributed by atoms with Crippen molar-refractivity contribution < 1.29 is 4.79 Å². The van der Waals surface area contributed by atoms with Gasteiger partial charge in [-0.1, -0.05) is 0 Å². The summed E-state index contributed by atoms with van der Waals surface area (Å²) in [5.74, 6) is 0.140. The molecule has 1 saturated carbocycles. The molecule has 1 heterocycles. The fourth-order valence-electron chi connectivity index (χ4n) is 1.66. The maximum absolute atomic E-state index is 11.3. The maximum atomic E-state index is 11.3. The van der Waals surface area contributed by atoms with Gasteiger partial charge in [0, 0.05) is 31.9 Å². The third-order valence-corrected chi connectivity index (χ3v) is 2.77. The van der Waals surface area contributed by atoms with Crippen LogP contribution in [0.2, 0.25) is 0 Å². The molecule has 0 unspecified atom stereocenters. The van der Waals surface area contributed by atoms with Gasteiger partial charge in [-0.2, -0.15) is 0 Å². The first kappa shape index (κ1) is 11.6. The molecule has 1 fully saturated rings. The Morgan fingerprint density at radius 3 is 2.76 bits per heavy atom. The number of hydrogen-bond donors (Lipinski definition) is 1. The highest BCUT2D eigenvalue weighted by molar-refractivity contribution is 5.96. The predicted octanol–water partition coefficient (Wildman–Crippen LogP) is 1.59. The van der Waals surface area contributed by atoms with Gasteiger partial charge in [0.2, 0.25) is 0 Å². The van der Waals surface area contributed by atoms with Crippen molar-refractivity contribution in [3.8, 4) is 0 Å². The SMILES string of the molecule is CN(C)/C=C/c1cc(C2CC2)ncc1C(N)=O. The molecule has 1 aromatic rings. The molecule has 0 aromatic carbocycles. The molecule has 0 atom stereocenters. The topological polar surface area (TPSA) is 59.2 Å². The minimum absolute atomic E-state index is 0.432. The molecule has 17 heavy (non-hydrogen) atoms. The highest BCUT2D eigenvalue weighted by atomic mass is 16.1. The van der Waals surface area contributed by atoms with Crippen LogP contribution in [0.3, 0.4) is 0 Å². The third-order valence-electron chi connectivity index (χ3n) is 2.77. The Balaban J connectivity index is 2.36. The number of aromatic nitrogens is 1. The molecule has 2 rings (SSSR count). The molecule has 2 N–H and O–H groups in total. The number of amides is 1. The van der Waals surface area contributed by atoms with Gasteiger partial charge in [-0.3, -0.25) is 9.78 Å². The third kappa shape index (κ3) is 2.84. The first-order valence-corrected chi connectivity index (χ1v) is 5.72. The summed E-state index contributed by atoms with van der Waals surface area (Å²) >= 11 is 0. The lowest BCUT2D eigenvalue weighted by molar-refractivity contribution is 0.1000. The molecule has 4 nitrogen and oxygen atoms in total. The van der Waals surface area contributed by atoms with E-state index in [1.54, 1.807) is 6.20 Å². The summed E-state index contributed by atoms with van der Waals surface area (Å²) in [7, 11) is 3.87. The smallest absolute Gasteiger partial charge is 0.250 e. The van der Waals surface area contributed by atoms with E-state index in [0.717, 1.165) is 11.3 Å². The normalized spacial score (nSPS) is 15.2. The van der Waals surface area contributed by atoms with Crippen LogP contribution < -0.4 is 5.73 Å². The lowest BCUT2D eigenvalue weighted by Gasteiger charge is -2.07. The van der Waals surface area contributed by atoms with Gasteiger partial charge in [0.25, 0.3) is 5.91 Å². The summed E-state index contributed by atoms with van der Waals surface area (Å²) in [6.45, 7) is 0. The van der Waals surface area contributed by atoms with Crippen LogP contribution in [-0.2, 0) is 0 Å². The van der Waals surface area contributed by atoms with Gasteiger partial charge >= 0.3 is 0 Å². The second-order valence-corrected chi connectivity index (χ2v) is 4.61. The number of nitrogens with two attached hydrogens (primary N) is 1. The van der Waals surface area contributed by atoms with Crippen LogP contribution in [0.1, 0.15) is 40.4 Å². The molecule has 1 aromatic heterocycles. The van der Waals surface area contributed by atoms with Crippen molar-refractivity contribution in [2.45, 2.75) is 18.8 Å². The minimum Gasteiger partial charge on any atom is -0.383 e. The van der Waals surface area contributed by atoms with Gasteiger partial charge in [0.1, 0.15) is 0 Å². The summed E-state index contributed by atoms with van der Waals surface area (Å²) in [6.07, 6.45) is 7.77. The monoisotopic (exact) mass is 231 g/mol. The number of carbonyl (C=O) groups excluding carboxylic acids is 1. The fraction of sp³-hybridized carbons (Fsp3) is 0.385. The predicted molar refractivity (Wildman–Crippen MR) is 67.5 cm³/mol. The Bertz CT molecular complexity index is 462. The van der Waals surface area contributed by atoms with E-state index in [1.165, 1.54) is 12.8 Å². The lowest BCUT2D eigenvalue weighted by atomic mass is 10.1. The van der Waals surface area contributed by atoms with Crippen LogP contribution in [0, 0.1) is 0 Å². The highest BCUT2D eigenvalue weighted by Crippen LogP contribution is 2.39. The van der Waals surface area contributed by atoms with Crippen molar-refractivity contribution in [2.24, 2.45) is 5.73 Å². The highest BCUT2D eigenvalue weighted by Gasteiger charge is 2.25. The second kappa shape index (κ2) is 4.57. The number of pyridine rings is 1. The Kier molecular flexibility index (Phi) is 3.13.